The standard InChI is InChI=1S/C23H27N3O2.C11H15NO/c1-16-14-25-19-13-20(24-2)21(28-3)12-18(19)22(16)26-11-7-10-23(27,15-26)17-8-5-4-6-9-17;13-11(7-4-8-12-9-11)10-5-2-1-3-6-10/h4-6,8-9,12-14,24,27H,7,10-11,15H2,1-3H3;1-3,5-6,12-13H,4,7-9H2. The number of aryl methyl sites for hydroxylation is 1. The van der Waals surface area contributed by atoms with Crippen LogP contribution >= 0.6 is 0 Å². The van der Waals surface area contributed by atoms with Gasteiger partial charge in [-0.05, 0) is 68.0 Å². The Labute approximate surface area is 243 Å². The largest absolute Gasteiger partial charge is 0.495 e. The number of hydrogen-bond acceptors (Lipinski definition) is 7. The van der Waals surface area contributed by atoms with Crippen molar-refractivity contribution in [3.05, 3.63) is 95.7 Å². The number of methoxy groups -OCH3 is 1. The quantitative estimate of drug-likeness (QED) is 0.265. The molecule has 1 aromatic heterocycles. The Morgan fingerprint density at radius 2 is 1.59 bits per heavy atom. The second-order valence-corrected chi connectivity index (χ2v) is 11.2. The van der Waals surface area contributed by atoms with Crippen LogP contribution < -0.4 is 20.3 Å². The zero-order valence-electron chi connectivity index (χ0n) is 24.4. The summed E-state index contributed by atoms with van der Waals surface area (Å²) in [5.74, 6) is 0.791. The van der Waals surface area contributed by atoms with Crippen LogP contribution in [0.5, 0.6) is 5.75 Å². The number of aromatic nitrogens is 1. The molecular weight excluding hydrogens is 512 g/mol. The molecule has 6 rings (SSSR count). The number of benzene rings is 3. The minimum Gasteiger partial charge on any atom is -0.495 e. The zero-order valence-corrected chi connectivity index (χ0v) is 24.4. The molecule has 3 heterocycles. The van der Waals surface area contributed by atoms with Crippen molar-refractivity contribution in [1.29, 1.82) is 0 Å². The van der Waals surface area contributed by atoms with Gasteiger partial charge in [-0.25, -0.2) is 0 Å². The van der Waals surface area contributed by atoms with Crippen molar-refractivity contribution < 1.29 is 14.9 Å². The van der Waals surface area contributed by atoms with E-state index in [4.69, 9.17) is 4.74 Å². The number of aliphatic hydroxyl groups is 2. The fourth-order valence-electron chi connectivity index (χ4n) is 6.18. The highest BCUT2D eigenvalue weighted by atomic mass is 16.5. The zero-order chi connectivity index (χ0) is 28.9. The number of β-amino-alcohol motifs (C(OH)–C–C–N with tert-alkyl or cyclic N) is 2. The number of nitrogens with zero attached hydrogens (tertiary/aromatic N) is 2. The first-order chi connectivity index (χ1) is 19.9. The van der Waals surface area contributed by atoms with Gasteiger partial charge in [0.15, 0.2) is 0 Å². The van der Waals surface area contributed by atoms with Crippen LogP contribution in [0.1, 0.15) is 42.4 Å². The summed E-state index contributed by atoms with van der Waals surface area (Å²) in [6.07, 6.45) is 5.53. The van der Waals surface area contributed by atoms with Crippen LogP contribution in [0.3, 0.4) is 0 Å². The second-order valence-electron chi connectivity index (χ2n) is 11.2. The summed E-state index contributed by atoms with van der Waals surface area (Å²) in [6.45, 7) is 5.25. The molecule has 0 bridgehead atoms. The van der Waals surface area contributed by atoms with Gasteiger partial charge >= 0.3 is 0 Å². The maximum atomic E-state index is 11.4. The number of nitrogens with one attached hydrogen (secondary N) is 2. The Morgan fingerprint density at radius 1 is 0.927 bits per heavy atom. The maximum Gasteiger partial charge on any atom is 0.142 e. The van der Waals surface area contributed by atoms with Gasteiger partial charge in [-0.1, -0.05) is 60.7 Å². The fourth-order valence-corrected chi connectivity index (χ4v) is 6.18. The Kier molecular flexibility index (Phi) is 8.78. The molecular formula is C34H42N4O3. The highest BCUT2D eigenvalue weighted by Gasteiger charge is 2.36. The van der Waals surface area contributed by atoms with Crippen molar-refractivity contribution in [2.24, 2.45) is 0 Å². The smallest absolute Gasteiger partial charge is 0.142 e. The van der Waals surface area contributed by atoms with Crippen LogP contribution in [-0.4, -0.2) is 55.5 Å². The van der Waals surface area contributed by atoms with E-state index in [1.807, 2.05) is 86.0 Å². The summed E-state index contributed by atoms with van der Waals surface area (Å²) in [6, 6.07) is 24.0. The van der Waals surface area contributed by atoms with E-state index < -0.39 is 11.2 Å². The van der Waals surface area contributed by atoms with Gasteiger partial charge in [0.1, 0.15) is 17.0 Å². The van der Waals surface area contributed by atoms with Gasteiger partial charge in [-0.3, -0.25) is 4.98 Å². The summed E-state index contributed by atoms with van der Waals surface area (Å²) in [5, 5.41) is 29.1. The molecule has 216 valence electrons. The van der Waals surface area contributed by atoms with E-state index in [1.165, 1.54) is 0 Å². The number of piperidine rings is 2. The molecule has 2 atom stereocenters. The first-order valence-electron chi connectivity index (χ1n) is 14.5. The molecule has 0 saturated carbocycles. The minimum atomic E-state index is -0.851. The van der Waals surface area contributed by atoms with Crippen LogP contribution in [0, 0.1) is 6.92 Å². The maximum absolute atomic E-state index is 11.4. The molecule has 0 aliphatic carbocycles. The van der Waals surface area contributed by atoms with Crippen LogP contribution in [0.25, 0.3) is 10.9 Å². The third-order valence-electron chi connectivity index (χ3n) is 8.38. The third-order valence-corrected chi connectivity index (χ3v) is 8.38. The predicted octanol–water partition coefficient (Wildman–Crippen LogP) is 5.34. The summed E-state index contributed by atoms with van der Waals surface area (Å²) in [5.41, 5.74) is 4.57. The van der Waals surface area contributed by atoms with E-state index in [0.717, 1.165) is 83.5 Å². The van der Waals surface area contributed by atoms with Gasteiger partial charge < -0.3 is 30.5 Å². The Morgan fingerprint density at radius 3 is 2.20 bits per heavy atom. The lowest BCUT2D eigenvalue weighted by atomic mass is 9.85. The number of pyridine rings is 1. The second kappa shape index (κ2) is 12.5. The molecule has 3 aromatic carbocycles. The third kappa shape index (κ3) is 6.17. The minimum absolute atomic E-state index is 0.563. The van der Waals surface area contributed by atoms with Crippen molar-refractivity contribution in [3.63, 3.8) is 0 Å². The SMILES string of the molecule is CNc1cc2ncc(C)c(N3CCCC(O)(c4ccccc4)C3)c2cc1OC.OC1(c2ccccc2)CCCNC1. The van der Waals surface area contributed by atoms with E-state index >= 15 is 0 Å². The van der Waals surface area contributed by atoms with Crippen LogP contribution in [0.2, 0.25) is 0 Å². The molecule has 0 amide bonds. The monoisotopic (exact) mass is 554 g/mol. The highest BCUT2D eigenvalue weighted by molar-refractivity contribution is 5.97. The normalized spacial score (nSPS) is 22.5. The Bertz CT molecular complexity index is 1440. The molecule has 4 N–H and O–H groups in total. The first kappa shape index (κ1) is 28.9. The molecule has 2 aliphatic rings. The predicted molar refractivity (Wildman–Crippen MR) is 167 cm³/mol. The van der Waals surface area contributed by atoms with Crippen molar-refractivity contribution in [3.8, 4) is 5.75 Å². The molecule has 2 saturated heterocycles. The molecule has 0 radical (unpaired) electrons. The lowest BCUT2D eigenvalue weighted by Gasteiger charge is -2.41. The Balaban J connectivity index is 0.000000216. The number of ether oxygens (including phenoxy) is 1. The van der Waals surface area contributed by atoms with E-state index in [1.54, 1.807) is 7.11 Å². The summed E-state index contributed by atoms with van der Waals surface area (Å²) in [4.78, 5) is 6.93. The molecule has 2 aliphatic heterocycles. The summed E-state index contributed by atoms with van der Waals surface area (Å²) >= 11 is 0. The molecule has 0 spiro atoms. The topological polar surface area (TPSA) is 89.9 Å². The lowest BCUT2D eigenvalue weighted by Crippen LogP contribution is -2.46. The van der Waals surface area contributed by atoms with E-state index in [9.17, 15) is 10.2 Å². The average molecular weight is 555 g/mol. The van der Waals surface area contributed by atoms with Crippen molar-refractivity contribution in [2.75, 3.05) is 50.6 Å². The average Bonchev–Trinajstić information content (AvgIpc) is 3.02. The first-order valence-corrected chi connectivity index (χ1v) is 14.5. The molecule has 2 unspecified atom stereocenters. The van der Waals surface area contributed by atoms with E-state index in [-0.39, 0.29) is 0 Å². The molecule has 41 heavy (non-hydrogen) atoms. The molecule has 7 nitrogen and oxygen atoms in total. The van der Waals surface area contributed by atoms with Crippen LogP contribution in [-0.2, 0) is 11.2 Å². The van der Waals surface area contributed by atoms with Crippen molar-refractivity contribution in [1.82, 2.24) is 10.3 Å². The van der Waals surface area contributed by atoms with Gasteiger partial charge in [0.25, 0.3) is 0 Å². The summed E-state index contributed by atoms with van der Waals surface area (Å²) in [7, 11) is 3.56. The van der Waals surface area contributed by atoms with Crippen LogP contribution in [0.15, 0.2) is 79.0 Å². The molecule has 4 aromatic rings. The molecule has 7 heteroatoms. The van der Waals surface area contributed by atoms with Gasteiger partial charge in [0, 0.05) is 31.7 Å². The number of hydrogen-bond donors (Lipinski definition) is 4. The van der Waals surface area contributed by atoms with E-state index in [2.05, 4.69) is 27.4 Å². The van der Waals surface area contributed by atoms with Gasteiger partial charge in [0.2, 0.25) is 0 Å². The van der Waals surface area contributed by atoms with Gasteiger partial charge in [0.05, 0.1) is 30.5 Å². The number of fused-ring (bicyclic) bond motifs is 1. The summed E-state index contributed by atoms with van der Waals surface area (Å²) < 4.78 is 5.58. The van der Waals surface area contributed by atoms with Crippen LogP contribution in [0.4, 0.5) is 11.4 Å². The van der Waals surface area contributed by atoms with Gasteiger partial charge in [-0.15, -0.1) is 0 Å². The number of rotatable bonds is 5. The highest BCUT2D eigenvalue weighted by Crippen LogP contribution is 2.40. The molecule has 2 fully saturated rings. The number of anilines is 2. The Hall–Kier alpha value is -3.65. The van der Waals surface area contributed by atoms with E-state index in [0.29, 0.717) is 13.1 Å². The van der Waals surface area contributed by atoms with Crippen molar-refractivity contribution in [2.45, 2.75) is 43.8 Å². The fraction of sp³-hybridized carbons (Fsp3) is 0.382. The lowest BCUT2D eigenvalue weighted by molar-refractivity contribution is 0.0123. The van der Waals surface area contributed by atoms with Crippen molar-refractivity contribution >= 4 is 22.3 Å². The van der Waals surface area contributed by atoms with Gasteiger partial charge in [-0.2, -0.15) is 0 Å².